The summed E-state index contributed by atoms with van der Waals surface area (Å²) in [6.07, 6.45) is 0.852. The van der Waals surface area contributed by atoms with E-state index in [-0.39, 0.29) is 18.6 Å². The van der Waals surface area contributed by atoms with E-state index in [0.717, 1.165) is 17.5 Å². The lowest BCUT2D eigenvalue weighted by Crippen LogP contribution is -2.38. The molecule has 1 saturated heterocycles. The van der Waals surface area contributed by atoms with Crippen molar-refractivity contribution >= 4 is 29.2 Å². The monoisotopic (exact) mass is 316 g/mol. The van der Waals surface area contributed by atoms with Gasteiger partial charge in [-0.1, -0.05) is 23.2 Å². The Hall–Kier alpha value is -0.970. The largest absolute Gasteiger partial charge is 0.396 e. The third kappa shape index (κ3) is 3.57. The summed E-state index contributed by atoms with van der Waals surface area (Å²) in [4.78, 5) is 13.8. The molecule has 110 valence electrons. The quantitative estimate of drug-likeness (QED) is 0.901. The molecule has 1 fully saturated rings. The molecule has 2 N–H and O–H groups in total. The molecule has 1 heterocycles. The van der Waals surface area contributed by atoms with Gasteiger partial charge in [-0.25, -0.2) is 4.79 Å². The molecule has 1 aliphatic rings. The maximum absolute atomic E-state index is 12.0. The van der Waals surface area contributed by atoms with Gasteiger partial charge in [-0.05, 0) is 36.6 Å². The van der Waals surface area contributed by atoms with E-state index in [2.05, 4.69) is 5.32 Å². The van der Waals surface area contributed by atoms with Gasteiger partial charge in [-0.2, -0.15) is 0 Å². The lowest BCUT2D eigenvalue weighted by Gasteiger charge is -2.18. The van der Waals surface area contributed by atoms with E-state index >= 15 is 0 Å². The van der Waals surface area contributed by atoms with Crippen LogP contribution in [0, 0.1) is 12.8 Å². The summed E-state index contributed by atoms with van der Waals surface area (Å²) in [5.74, 6) is 0.196. The predicted octanol–water partition coefficient (Wildman–Crippen LogP) is 2.83. The highest BCUT2D eigenvalue weighted by Crippen LogP contribution is 2.25. The lowest BCUT2D eigenvalue weighted by molar-refractivity contribution is 0.198. The van der Waals surface area contributed by atoms with Gasteiger partial charge in [0, 0.05) is 42.2 Å². The second-order valence-electron chi connectivity index (χ2n) is 5.13. The van der Waals surface area contributed by atoms with Gasteiger partial charge in [0.05, 0.1) is 0 Å². The molecular weight excluding hydrogens is 299 g/mol. The van der Waals surface area contributed by atoms with E-state index in [1.54, 1.807) is 11.0 Å². The van der Waals surface area contributed by atoms with Gasteiger partial charge in [0.1, 0.15) is 0 Å². The molecule has 0 bridgehead atoms. The number of benzene rings is 1. The SMILES string of the molecule is Cc1cc(Cl)cc(Cl)c1CNC(=O)N1CC[C@H](CO)C1. The van der Waals surface area contributed by atoms with Gasteiger partial charge in [0.25, 0.3) is 0 Å². The third-order valence-corrected chi connectivity index (χ3v) is 4.19. The first-order chi connectivity index (χ1) is 9.51. The highest BCUT2D eigenvalue weighted by atomic mass is 35.5. The molecular formula is C14H18Cl2N2O2. The first-order valence-electron chi connectivity index (χ1n) is 6.59. The molecule has 20 heavy (non-hydrogen) atoms. The molecule has 1 atom stereocenters. The van der Waals surface area contributed by atoms with Crippen molar-refractivity contribution in [1.29, 1.82) is 0 Å². The van der Waals surface area contributed by atoms with Crippen molar-refractivity contribution in [3.63, 3.8) is 0 Å². The highest BCUT2D eigenvalue weighted by molar-refractivity contribution is 6.35. The minimum Gasteiger partial charge on any atom is -0.396 e. The van der Waals surface area contributed by atoms with E-state index in [4.69, 9.17) is 28.3 Å². The summed E-state index contributed by atoms with van der Waals surface area (Å²) < 4.78 is 0. The zero-order valence-electron chi connectivity index (χ0n) is 11.3. The van der Waals surface area contributed by atoms with E-state index in [9.17, 15) is 4.79 Å². The zero-order valence-corrected chi connectivity index (χ0v) is 12.8. The number of likely N-dealkylation sites (tertiary alicyclic amines) is 1. The fourth-order valence-electron chi connectivity index (χ4n) is 2.40. The van der Waals surface area contributed by atoms with Crippen molar-refractivity contribution in [3.8, 4) is 0 Å². The predicted molar refractivity (Wildman–Crippen MR) is 80.2 cm³/mol. The maximum Gasteiger partial charge on any atom is 0.317 e. The second kappa shape index (κ2) is 6.66. The highest BCUT2D eigenvalue weighted by Gasteiger charge is 2.25. The minimum absolute atomic E-state index is 0.119. The van der Waals surface area contributed by atoms with Gasteiger partial charge < -0.3 is 15.3 Å². The van der Waals surface area contributed by atoms with E-state index in [0.29, 0.717) is 29.7 Å². The van der Waals surface area contributed by atoms with Crippen molar-refractivity contribution < 1.29 is 9.90 Å². The van der Waals surface area contributed by atoms with Crippen LogP contribution in [0.4, 0.5) is 4.79 Å². The van der Waals surface area contributed by atoms with Crippen molar-refractivity contribution in [2.75, 3.05) is 19.7 Å². The Balaban J connectivity index is 1.94. The number of amides is 2. The molecule has 2 rings (SSSR count). The summed E-state index contributed by atoms with van der Waals surface area (Å²) in [6.45, 7) is 3.71. The normalized spacial score (nSPS) is 18.4. The minimum atomic E-state index is -0.119. The fraction of sp³-hybridized carbons (Fsp3) is 0.500. The zero-order chi connectivity index (χ0) is 14.7. The number of aliphatic hydroxyl groups excluding tert-OH is 1. The standard InChI is InChI=1S/C14H18Cl2N2O2/c1-9-4-11(15)5-13(16)12(9)6-17-14(20)18-3-2-10(7-18)8-19/h4-5,10,19H,2-3,6-8H2,1H3,(H,17,20)/t10-/m0/s1. The van der Waals surface area contributed by atoms with Crippen LogP contribution in [0.25, 0.3) is 0 Å². The number of aryl methyl sites for hydroxylation is 1. The van der Waals surface area contributed by atoms with Crippen LogP contribution in [0.3, 0.4) is 0 Å². The number of aliphatic hydroxyl groups is 1. The average molecular weight is 317 g/mol. The van der Waals surface area contributed by atoms with Crippen molar-refractivity contribution in [1.82, 2.24) is 10.2 Å². The van der Waals surface area contributed by atoms with Crippen LogP contribution in [-0.4, -0.2) is 35.7 Å². The van der Waals surface area contributed by atoms with Crippen LogP contribution < -0.4 is 5.32 Å². The topological polar surface area (TPSA) is 52.6 Å². The number of carbonyl (C=O) groups excluding carboxylic acids is 1. The molecule has 0 radical (unpaired) electrons. The van der Waals surface area contributed by atoms with Crippen LogP contribution in [0.15, 0.2) is 12.1 Å². The van der Waals surface area contributed by atoms with Gasteiger partial charge in [0.2, 0.25) is 0 Å². The molecule has 0 aromatic heterocycles. The number of hydrogen-bond donors (Lipinski definition) is 2. The van der Waals surface area contributed by atoms with Gasteiger partial charge in [0.15, 0.2) is 0 Å². The number of halogens is 2. The summed E-state index contributed by atoms with van der Waals surface area (Å²) >= 11 is 12.1. The molecule has 1 aromatic carbocycles. The van der Waals surface area contributed by atoms with Crippen molar-refractivity contribution in [2.45, 2.75) is 19.9 Å². The van der Waals surface area contributed by atoms with E-state index in [1.165, 1.54) is 0 Å². The van der Waals surface area contributed by atoms with Crippen molar-refractivity contribution in [3.05, 3.63) is 33.3 Å². The summed E-state index contributed by atoms with van der Waals surface area (Å²) in [5, 5.41) is 13.1. The maximum atomic E-state index is 12.0. The summed E-state index contributed by atoms with van der Waals surface area (Å²) in [5.41, 5.74) is 1.83. The number of nitrogens with one attached hydrogen (secondary N) is 1. The Morgan fingerprint density at radius 1 is 1.50 bits per heavy atom. The fourth-order valence-corrected chi connectivity index (χ4v) is 3.06. The first-order valence-corrected chi connectivity index (χ1v) is 7.35. The molecule has 6 heteroatoms. The smallest absolute Gasteiger partial charge is 0.317 e. The average Bonchev–Trinajstić information content (AvgIpc) is 2.86. The second-order valence-corrected chi connectivity index (χ2v) is 5.97. The Bertz CT molecular complexity index is 485. The number of nitrogens with zero attached hydrogens (tertiary/aromatic N) is 1. The number of rotatable bonds is 3. The molecule has 0 unspecified atom stereocenters. The summed E-state index contributed by atoms with van der Waals surface area (Å²) in [6, 6.07) is 3.38. The van der Waals surface area contributed by atoms with E-state index < -0.39 is 0 Å². The number of hydrogen-bond acceptors (Lipinski definition) is 2. The Kier molecular flexibility index (Phi) is 5.13. The first kappa shape index (κ1) is 15.4. The Labute approximate surface area is 128 Å². The van der Waals surface area contributed by atoms with Crippen LogP contribution in [0.5, 0.6) is 0 Å². The van der Waals surface area contributed by atoms with Crippen LogP contribution in [-0.2, 0) is 6.54 Å². The molecule has 0 spiro atoms. The third-order valence-electron chi connectivity index (χ3n) is 3.63. The van der Waals surface area contributed by atoms with Crippen LogP contribution in [0.2, 0.25) is 10.0 Å². The van der Waals surface area contributed by atoms with Gasteiger partial charge in [-0.15, -0.1) is 0 Å². The molecule has 0 aliphatic carbocycles. The van der Waals surface area contributed by atoms with E-state index in [1.807, 2.05) is 13.0 Å². The number of carbonyl (C=O) groups is 1. The molecule has 2 amide bonds. The Morgan fingerprint density at radius 2 is 2.25 bits per heavy atom. The number of urea groups is 1. The lowest BCUT2D eigenvalue weighted by atomic mass is 10.1. The van der Waals surface area contributed by atoms with Crippen LogP contribution in [0.1, 0.15) is 17.5 Å². The van der Waals surface area contributed by atoms with Gasteiger partial charge in [-0.3, -0.25) is 0 Å². The molecule has 0 saturated carbocycles. The molecule has 1 aromatic rings. The molecule has 4 nitrogen and oxygen atoms in total. The summed E-state index contributed by atoms with van der Waals surface area (Å²) in [7, 11) is 0. The Morgan fingerprint density at radius 3 is 2.85 bits per heavy atom. The van der Waals surface area contributed by atoms with Crippen LogP contribution >= 0.6 is 23.2 Å². The molecule has 1 aliphatic heterocycles. The van der Waals surface area contributed by atoms with Gasteiger partial charge >= 0.3 is 6.03 Å². The van der Waals surface area contributed by atoms with Crippen molar-refractivity contribution in [2.24, 2.45) is 5.92 Å².